The molecular weight excluding hydrogens is 464 g/mol. The Morgan fingerprint density at radius 1 is 1.14 bits per heavy atom. The lowest BCUT2D eigenvalue weighted by atomic mass is 9.98. The maximum absolute atomic E-state index is 11.9. The predicted molar refractivity (Wildman–Crippen MR) is 137 cm³/mol. The van der Waals surface area contributed by atoms with Crippen LogP contribution in [-0.2, 0) is 10.0 Å². The number of rotatable bonds is 6. The van der Waals surface area contributed by atoms with Crippen LogP contribution in [0.2, 0.25) is 0 Å². The van der Waals surface area contributed by atoms with Crippen molar-refractivity contribution < 1.29 is 13.2 Å². The monoisotopic (exact) mass is 494 g/mol. The Labute approximate surface area is 206 Å². The predicted octanol–water partition coefficient (Wildman–Crippen LogP) is 3.38. The first-order valence-corrected chi connectivity index (χ1v) is 13.3. The van der Waals surface area contributed by atoms with Crippen molar-refractivity contribution in [2.24, 2.45) is 0 Å². The molecule has 1 atom stereocenters. The quantitative estimate of drug-likeness (QED) is 0.555. The fourth-order valence-electron chi connectivity index (χ4n) is 4.57. The van der Waals surface area contributed by atoms with Crippen LogP contribution < -0.4 is 15.0 Å². The van der Waals surface area contributed by atoms with Crippen LogP contribution in [-0.4, -0.2) is 62.2 Å². The second-order valence-electron chi connectivity index (χ2n) is 8.81. The minimum Gasteiger partial charge on any atom is -0.495 e. The molecule has 0 bridgehead atoms. The maximum atomic E-state index is 11.9. The van der Waals surface area contributed by atoms with E-state index in [1.165, 1.54) is 10.6 Å². The van der Waals surface area contributed by atoms with Crippen LogP contribution in [0.25, 0.3) is 10.9 Å². The zero-order chi connectivity index (χ0) is 25.3. The van der Waals surface area contributed by atoms with Crippen molar-refractivity contribution in [1.29, 1.82) is 5.26 Å². The number of aryl methyl sites for hydroxylation is 1. The van der Waals surface area contributed by atoms with E-state index >= 15 is 0 Å². The third kappa shape index (κ3) is 5.01. The average Bonchev–Trinajstić information content (AvgIpc) is 2.82. The highest BCUT2D eigenvalue weighted by Crippen LogP contribution is 2.36. The summed E-state index contributed by atoms with van der Waals surface area (Å²) in [6.45, 7) is 7.79. The Morgan fingerprint density at radius 2 is 1.86 bits per heavy atom. The molecule has 2 heterocycles. The van der Waals surface area contributed by atoms with Crippen molar-refractivity contribution in [3.63, 3.8) is 0 Å². The van der Waals surface area contributed by atoms with Crippen LogP contribution in [0.5, 0.6) is 5.75 Å². The smallest absolute Gasteiger partial charge is 0.211 e. The van der Waals surface area contributed by atoms with Gasteiger partial charge >= 0.3 is 0 Å². The fraction of sp³-hybridized carbons (Fsp3) is 0.400. The number of hydrogen-bond donors (Lipinski definition) is 1. The molecule has 0 radical (unpaired) electrons. The van der Waals surface area contributed by atoms with Crippen LogP contribution in [0.15, 0.2) is 30.3 Å². The number of fused-ring (bicyclic) bond motifs is 1. The van der Waals surface area contributed by atoms with Gasteiger partial charge in [0.05, 0.1) is 42.2 Å². The summed E-state index contributed by atoms with van der Waals surface area (Å²) in [5.41, 5.74) is 4.25. The van der Waals surface area contributed by atoms with Gasteiger partial charge < -0.3 is 15.0 Å². The number of nitriles is 1. The summed E-state index contributed by atoms with van der Waals surface area (Å²) in [6, 6.07) is 11.8. The van der Waals surface area contributed by atoms with Crippen molar-refractivity contribution in [3.05, 3.63) is 52.8 Å². The molecule has 9 nitrogen and oxygen atoms in total. The first-order chi connectivity index (χ1) is 16.6. The van der Waals surface area contributed by atoms with E-state index in [1.54, 1.807) is 7.11 Å². The van der Waals surface area contributed by atoms with Crippen LogP contribution >= 0.6 is 0 Å². The highest BCUT2D eigenvalue weighted by molar-refractivity contribution is 7.88. The average molecular weight is 495 g/mol. The lowest BCUT2D eigenvalue weighted by Gasteiger charge is -2.35. The molecule has 1 fully saturated rings. The van der Waals surface area contributed by atoms with Gasteiger partial charge in [-0.2, -0.15) is 9.57 Å². The van der Waals surface area contributed by atoms with E-state index in [0.29, 0.717) is 49.1 Å². The largest absolute Gasteiger partial charge is 0.495 e. The van der Waals surface area contributed by atoms with Crippen molar-refractivity contribution in [2.45, 2.75) is 26.8 Å². The van der Waals surface area contributed by atoms with Gasteiger partial charge in [-0.25, -0.2) is 18.4 Å². The van der Waals surface area contributed by atoms with E-state index < -0.39 is 10.0 Å². The topological polar surface area (TPSA) is 111 Å². The Balaban J connectivity index is 1.72. The summed E-state index contributed by atoms with van der Waals surface area (Å²) in [5, 5.41) is 13.8. The third-order valence-electron chi connectivity index (χ3n) is 6.47. The third-order valence-corrected chi connectivity index (χ3v) is 7.78. The standard InChI is InChI=1S/C25H30N6O3S/c1-16-19(15-26)7-6-8-20(16)17(2)27-25-21-13-23(24(34-4)14-22(21)28-18(3)29-25)30-9-11-31(12-10-30)35(5,32)33/h6-8,13-14,17H,9-12H2,1-5H3,(H,27,28,29). The van der Waals surface area contributed by atoms with Gasteiger partial charge in [0.2, 0.25) is 10.0 Å². The lowest BCUT2D eigenvalue weighted by molar-refractivity contribution is 0.381. The van der Waals surface area contributed by atoms with Gasteiger partial charge in [0, 0.05) is 37.6 Å². The molecule has 1 aliphatic rings. The number of methoxy groups -OCH3 is 1. The maximum Gasteiger partial charge on any atom is 0.211 e. The van der Waals surface area contributed by atoms with Crippen molar-refractivity contribution >= 4 is 32.4 Å². The van der Waals surface area contributed by atoms with Crippen LogP contribution in [0.1, 0.15) is 35.5 Å². The molecular formula is C25H30N6O3S. The van der Waals surface area contributed by atoms with Gasteiger partial charge in [-0.05, 0) is 44.0 Å². The van der Waals surface area contributed by atoms with Crippen LogP contribution in [0, 0.1) is 25.2 Å². The highest BCUT2D eigenvalue weighted by Gasteiger charge is 2.26. The second-order valence-corrected chi connectivity index (χ2v) is 10.8. The number of ether oxygens (including phenoxy) is 1. The molecule has 0 amide bonds. The molecule has 2 aromatic carbocycles. The molecule has 35 heavy (non-hydrogen) atoms. The Bertz CT molecular complexity index is 1410. The van der Waals surface area contributed by atoms with Crippen LogP contribution in [0.3, 0.4) is 0 Å². The molecule has 1 saturated heterocycles. The first kappa shape index (κ1) is 24.7. The number of anilines is 2. The van der Waals surface area contributed by atoms with E-state index in [2.05, 4.69) is 21.3 Å². The number of hydrogen-bond acceptors (Lipinski definition) is 8. The van der Waals surface area contributed by atoms with Crippen LogP contribution in [0.4, 0.5) is 11.5 Å². The van der Waals surface area contributed by atoms with Crippen molar-refractivity contribution in [1.82, 2.24) is 14.3 Å². The Kier molecular flexibility index (Phi) is 6.83. The first-order valence-electron chi connectivity index (χ1n) is 11.4. The summed E-state index contributed by atoms with van der Waals surface area (Å²) in [7, 11) is -1.59. The number of aromatic nitrogens is 2. The zero-order valence-electron chi connectivity index (χ0n) is 20.7. The second kappa shape index (κ2) is 9.68. The number of benzene rings is 2. The molecule has 0 aliphatic carbocycles. The molecule has 0 saturated carbocycles. The molecule has 3 aromatic rings. The molecule has 0 spiro atoms. The minimum atomic E-state index is -3.22. The normalized spacial score (nSPS) is 15.6. The molecule has 1 N–H and O–H groups in total. The summed E-state index contributed by atoms with van der Waals surface area (Å²) in [5.74, 6) is 2.01. The zero-order valence-corrected chi connectivity index (χ0v) is 21.5. The number of nitrogens with zero attached hydrogens (tertiary/aromatic N) is 5. The number of nitrogens with one attached hydrogen (secondary N) is 1. The molecule has 1 unspecified atom stereocenters. The van der Waals surface area contributed by atoms with Crippen molar-refractivity contribution in [3.8, 4) is 11.8 Å². The summed E-state index contributed by atoms with van der Waals surface area (Å²) < 4.78 is 31.0. The van der Waals surface area contributed by atoms with E-state index in [-0.39, 0.29) is 6.04 Å². The molecule has 1 aromatic heterocycles. The minimum absolute atomic E-state index is 0.0929. The van der Waals surface area contributed by atoms with Gasteiger partial charge in [-0.3, -0.25) is 0 Å². The molecule has 1 aliphatic heterocycles. The Morgan fingerprint density at radius 3 is 2.49 bits per heavy atom. The summed E-state index contributed by atoms with van der Waals surface area (Å²) in [4.78, 5) is 11.4. The van der Waals surface area contributed by atoms with Gasteiger partial charge in [0.1, 0.15) is 17.4 Å². The van der Waals surface area contributed by atoms with Gasteiger partial charge in [0.15, 0.2) is 0 Å². The summed E-state index contributed by atoms with van der Waals surface area (Å²) in [6.07, 6.45) is 1.24. The Hall–Kier alpha value is -3.42. The lowest BCUT2D eigenvalue weighted by Crippen LogP contribution is -2.48. The van der Waals surface area contributed by atoms with E-state index in [4.69, 9.17) is 9.72 Å². The van der Waals surface area contributed by atoms with E-state index in [1.807, 2.05) is 51.1 Å². The number of sulfonamides is 1. The van der Waals surface area contributed by atoms with Gasteiger partial charge in [0.25, 0.3) is 0 Å². The van der Waals surface area contributed by atoms with E-state index in [9.17, 15) is 13.7 Å². The molecule has 184 valence electrons. The summed E-state index contributed by atoms with van der Waals surface area (Å²) >= 11 is 0. The van der Waals surface area contributed by atoms with E-state index in [0.717, 1.165) is 27.7 Å². The highest BCUT2D eigenvalue weighted by atomic mass is 32.2. The fourth-order valence-corrected chi connectivity index (χ4v) is 5.40. The van der Waals surface area contributed by atoms with Crippen molar-refractivity contribution in [2.75, 3.05) is 49.8 Å². The SMILES string of the molecule is COc1cc2nc(C)nc(NC(C)c3cccc(C#N)c3C)c2cc1N1CCN(S(C)(=O)=O)CC1. The number of piperazine rings is 1. The van der Waals surface area contributed by atoms with Gasteiger partial charge in [-0.1, -0.05) is 12.1 Å². The molecule has 4 rings (SSSR count). The van der Waals surface area contributed by atoms with Gasteiger partial charge in [-0.15, -0.1) is 0 Å². The molecule has 10 heteroatoms.